The quantitative estimate of drug-likeness (QED) is 0.549. The van der Waals surface area contributed by atoms with Gasteiger partial charge >= 0.3 is 0 Å². The second kappa shape index (κ2) is 8.98. The minimum absolute atomic E-state index is 0.106. The lowest BCUT2D eigenvalue weighted by atomic mass is 9.68. The van der Waals surface area contributed by atoms with E-state index >= 15 is 0 Å². The lowest BCUT2D eigenvalue weighted by Crippen LogP contribution is -2.25. The molecule has 0 N–H and O–H groups in total. The molecule has 2 aliphatic carbocycles. The van der Waals surface area contributed by atoms with Crippen molar-refractivity contribution in [1.29, 1.82) is 5.26 Å². The molecule has 0 saturated heterocycles. The van der Waals surface area contributed by atoms with Crippen molar-refractivity contribution in [2.45, 2.75) is 83.5 Å². The summed E-state index contributed by atoms with van der Waals surface area (Å²) in [6.45, 7) is 2.27. The van der Waals surface area contributed by atoms with Crippen LogP contribution in [0.3, 0.4) is 0 Å². The number of unbranched alkanes of at least 4 members (excludes halogenated alkanes) is 1. The van der Waals surface area contributed by atoms with Crippen LogP contribution < -0.4 is 0 Å². The lowest BCUT2D eigenvalue weighted by molar-refractivity contribution is 0.155. The Kier molecular flexibility index (Phi) is 6.68. The van der Waals surface area contributed by atoms with Crippen LogP contribution in [0, 0.1) is 40.7 Å². The largest absolute Gasteiger partial charge is 0.203 e. The lowest BCUT2D eigenvalue weighted by Gasteiger charge is -2.38. The summed E-state index contributed by atoms with van der Waals surface area (Å²) in [6, 6.07) is 4.77. The third-order valence-electron chi connectivity index (χ3n) is 6.97. The van der Waals surface area contributed by atoms with Gasteiger partial charge in [0, 0.05) is 0 Å². The van der Waals surface area contributed by atoms with Gasteiger partial charge in [-0.25, -0.2) is 8.78 Å². The van der Waals surface area contributed by atoms with E-state index in [0.29, 0.717) is 5.56 Å². The van der Waals surface area contributed by atoms with Crippen LogP contribution in [-0.2, 0) is 0 Å². The van der Waals surface area contributed by atoms with Gasteiger partial charge in [-0.3, -0.25) is 0 Å². The Bertz CT molecular complexity index is 632. The molecule has 0 spiro atoms. The van der Waals surface area contributed by atoms with Gasteiger partial charge in [0.2, 0.25) is 0 Å². The van der Waals surface area contributed by atoms with Gasteiger partial charge in [0.05, 0.1) is 5.56 Å². The molecule has 0 atom stereocenters. The van der Waals surface area contributed by atoms with E-state index in [1.807, 2.05) is 0 Å². The van der Waals surface area contributed by atoms with E-state index in [1.165, 1.54) is 51.0 Å². The third-order valence-corrected chi connectivity index (χ3v) is 6.97. The van der Waals surface area contributed by atoms with Crippen LogP contribution in [0.15, 0.2) is 12.1 Å². The van der Waals surface area contributed by atoms with E-state index in [9.17, 15) is 8.78 Å². The molecule has 0 amide bonds. The standard InChI is InChI=1S/C23H31F2N/c1-2-3-4-16-5-7-17(8-6-16)18-9-11-19(12-10-18)21-14-13-20(15-26)22(24)23(21)25/h13-14,16-19H,2-12H2,1H3/t16-,17-,18-,19-. The van der Waals surface area contributed by atoms with Gasteiger partial charge in [-0.15, -0.1) is 0 Å². The number of hydrogen-bond acceptors (Lipinski definition) is 1. The molecule has 0 aromatic heterocycles. The maximum atomic E-state index is 14.3. The highest BCUT2D eigenvalue weighted by molar-refractivity contribution is 5.36. The van der Waals surface area contributed by atoms with Crippen LogP contribution in [0.25, 0.3) is 0 Å². The minimum Gasteiger partial charge on any atom is -0.203 e. The Morgan fingerprint density at radius 1 is 0.923 bits per heavy atom. The van der Waals surface area contributed by atoms with E-state index in [0.717, 1.165) is 43.4 Å². The van der Waals surface area contributed by atoms with Crippen LogP contribution in [0.5, 0.6) is 0 Å². The molecule has 2 saturated carbocycles. The van der Waals surface area contributed by atoms with Gasteiger partial charge in [0.1, 0.15) is 6.07 Å². The number of benzene rings is 1. The summed E-state index contributed by atoms with van der Waals surface area (Å²) >= 11 is 0. The molecule has 1 aromatic rings. The van der Waals surface area contributed by atoms with Crippen LogP contribution in [-0.4, -0.2) is 0 Å². The number of rotatable bonds is 5. The minimum atomic E-state index is -0.975. The molecule has 0 radical (unpaired) electrons. The highest BCUT2D eigenvalue weighted by atomic mass is 19.2. The van der Waals surface area contributed by atoms with E-state index in [-0.39, 0.29) is 11.5 Å². The normalized spacial score (nSPS) is 29.3. The van der Waals surface area contributed by atoms with Gasteiger partial charge in [-0.05, 0) is 73.8 Å². The zero-order valence-corrected chi connectivity index (χ0v) is 15.9. The first-order chi connectivity index (χ1) is 12.6. The Morgan fingerprint density at radius 2 is 1.54 bits per heavy atom. The van der Waals surface area contributed by atoms with Gasteiger partial charge in [0.15, 0.2) is 11.6 Å². The monoisotopic (exact) mass is 359 g/mol. The van der Waals surface area contributed by atoms with Crippen LogP contribution in [0.1, 0.15) is 94.6 Å². The van der Waals surface area contributed by atoms with Crippen molar-refractivity contribution >= 4 is 0 Å². The fourth-order valence-corrected chi connectivity index (χ4v) is 5.31. The SMILES string of the molecule is CCCC[C@H]1CC[C@H]([C@H]2CC[C@H](c3ccc(C#N)c(F)c3F)CC2)CC1. The summed E-state index contributed by atoms with van der Waals surface area (Å²) in [5.41, 5.74) is 0.281. The van der Waals surface area contributed by atoms with Crippen molar-refractivity contribution in [3.05, 3.63) is 34.9 Å². The second-order valence-corrected chi connectivity index (χ2v) is 8.48. The summed E-state index contributed by atoms with van der Waals surface area (Å²) in [5, 5.41) is 8.83. The molecule has 0 aliphatic heterocycles. The molecule has 3 heteroatoms. The Balaban J connectivity index is 1.52. The topological polar surface area (TPSA) is 23.8 Å². The zero-order valence-electron chi connectivity index (χ0n) is 15.9. The summed E-state index contributed by atoms with van der Waals surface area (Å²) in [7, 11) is 0. The van der Waals surface area contributed by atoms with Crippen molar-refractivity contribution in [3.63, 3.8) is 0 Å². The van der Waals surface area contributed by atoms with E-state index in [1.54, 1.807) is 12.1 Å². The molecular weight excluding hydrogens is 328 g/mol. The van der Waals surface area contributed by atoms with E-state index in [2.05, 4.69) is 6.92 Å². The average Bonchev–Trinajstić information content (AvgIpc) is 2.69. The molecule has 3 rings (SSSR count). The summed E-state index contributed by atoms with van der Waals surface area (Å²) < 4.78 is 28.2. The predicted molar refractivity (Wildman–Crippen MR) is 101 cm³/mol. The number of nitrogens with zero attached hydrogens (tertiary/aromatic N) is 1. The van der Waals surface area contributed by atoms with Crippen molar-refractivity contribution in [2.75, 3.05) is 0 Å². The Hall–Kier alpha value is -1.43. The first kappa shape index (κ1) is 19.3. The Labute approximate surface area is 156 Å². The van der Waals surface area contributed by atoms with Gasteiger partial charge in [0.25, 0.3) is 0 Å². The van der Waals surface area contributed by atoms with E-state index < -0.39 is 11.6 Å². The van der Waals surface area contributed by atoms with Gasteiger partial charge in [-0.1, -0.05) is 45.1 Å². The molecular formula is C23H31F2N. The van der Waals surface area contributed by atoms with Crippen molar-refractivity contribution < 1.29 is 8.78 Å². The maximum Gasteiger partial charge on any atom is 0.176 e. The molecule has 0 unspecified atom stereocenters. The van der Waals surface area contributed by atoms with E-state index in [4.69, 9.17) is 5.26 Å². The molecule has 26 heavy (non-hydrogen) atoms. The summed E-state index contributed by atoms with van der Waals surface area (Å²) in [4.78, 5) is 0. The molecule has 2 fully saturated rings. The van der Waals surface area contributed by atoms with Gasteiger partial charge < -0.3 is 0 Å². The Morgan fingerprint density at radius 3 is 2.12 bits per heavy atom. The molecule has 0 heterocycles. The average molecular weight is 360 g/mol. The number of halogens is 2. The van der Waals surface area contributed by atoms with Crippen LogP contribution in [0.2, 0.25) is 0 Å². The van der Waals surface area contributed by atoms with Crippen molar-refractivity contribution in [2.24, 2.45) is 17.8 Å². The van der Waals surface area contributed by atoms with Crippen LogP contribution in [0.4, 0.5) is 8.78 Å². The molecule has 2 aliphatic rings. The predicted octanol–water partition coefficient (Wildman–Crippen LogP) is 7.11. The first-order valence-corrected chi connectivity index (χ1v) is 10.5. The van der Waals surface area contributed by atoms with Crippen molar-refractivity contribution in [1.82, 2.24) is 0 Å². The summed E-state index contributed by atoms with van der Waals surface area (Å²) in [6.07, 6.45) is 13.7. The molecule has 1 aromatic carbocycles. The highest BCUT2D eigenvalue weighted by Gasteiger charge is 2.32. The fraction of sp³-hybridized carbons (Fsp3) is 0.696. The van der Waals surface area contributed by atoms with Gasteiger partial charge in [-0.2, -0.15) is 5.26 Å². The highest BCUT2D eigenvalue weighted by Crippen LogP contribution is 2.45. The smallest absolute Gasteiger partial charge is 0.176 e. The fourth-order valence-electron chi connectivity index (χ4n) is 5.31. The number of hydrogen-bond donors (Lipinski definition) is 0. The summed E-state index contributed by atoms with van der Waals surface area (Å²) in [5.74, 6) is 0.884. The zero-order chi connectivity index (χ0) is 18.5. The van der Waals surface area contributed by atoms with Crippen molar-refractivity contribution in [3.8, 4) is 6.07 Å². The molecule has 0 bridgehead atoms. The third kappa shape index (κ3) is 4.27. The molecule has 1 nitrogen and oxygen atoms in total. The maximum absolute atomic E-state index is 14.3. The number of nitriles is 1. The first-order valence-electron chi connectivity index (χ1n) is 10.5. The second-order valence-electron chi connectivity index (χ2n) is 8.48. The molecule has 142 valence electrons. The van der Waals surface area contributed by atoms with Crippen LogP contribution >= 0.6 is 0 Å².